The summed E-state index contributed by atoms with van der Waals surface area (Å²) in [5.74, 6) is 0.637. The van der Waals surface area contributed by atoms with Gasteiger partial charge < -0.3 is 10.1 Å². The lowest BCUT2D eigenvalue weighted by Crippen LogP contribution is -2.31. The molecule has 0 amide bonds. The molecule has 5 rings (SSSR count). The van der Waals surface area contributed by atoms with Gasteiger partial charge in [-0.15, -0.1) is 0 Å². The third kappa shape index (κ3) is 5.90. The van der Waals surface area contributed by atoms with Crippen molar-refractivity contribution in [1.29, 1.82) is 0 Å². The predicted octanol–water partition coefficient (Wildman–Crippen LogP) is 3.40. The number of ether oxygens (including phenoxy) is 1. The first-order chi connectivity index (χ1) is 17.7. The average molecular weight is 488 g/mol. The molecule has 2 heterocycles. The Balaban J connectivity index is 1.13. The van der Waals surface area contributed by atoms with Gasteiger partial charge in [0, 0.05) is 32.7 Å². The molecule has 1 N–H and O–H groups in total. The number of hydrogen-bond donors (Lipinski definition) is 1. The fourth-order valence-corrected chi connectivity index (χ4v) is 4.47. The molecule has 1 aliphatic heterocycles. The lowest BCUT2D eigenvalue weighted by atomic mass is 9.98. The molecular weight excluding hydrogens is 457 g/mol. The Kier molecular flexibility index (Phi) is 7.54. The molecule has 8 heteroatoms. The number of hydrogen-bond acceptors (Lipinski definition) is 5. The van der Waals surface area contributed by atoms with Crippen LogP contribution in [0.4, 0.5) is 4.39 Å². The van der Waals surface area contributed by atoms with Crippen molar-refractivity contribution in [3.05, 3.63) is 112 Å². The summed E-state index contributed by atoms with van der Waals surface area (Å²) in [6.45, 7) is 4.91. The zero-order valence-electron chi connectivity index (χ0n) is 20.1. The molecule has 0 bridgehead atoms. The van der Waals surface area contributed by atoms with Gasteiger partial charge in [-0.3, -0.25) is 4.90 Å². The van der Waals surface area contributed by atoms with Crippen LogP contribution in [0.3, 0.4) is 0 Å². The maximum atomic E-state index is 13.2. The number of benzene rings is 3. The van der Waals surface area contributed by atoms with E-state index in [1.807, 2.05) is 48.5 Å². The van der Waals surface area contributed by atoms with Gasteiger partial charge in [-0.25, -0.2) is 18.4 Å². The topological polar surface area (TPSA) is 64.3 Å². The third-order valence-corrected chi connectivity index (χ3v) is 6.40. The Bertz CT molecular complexity index is 1330. The van der Waals surface area contributed by atoms with Crippen molar-refractivity contribution in [2.75, 3.05) is 26.2 Å². The van der Waals surface area contributed by atoms with E-state index in [9.17, 15) is 9.18 Å². The minimum absolute atomic E-state index is 0.147. The van der Waals surface area contributed by atoms with Crippen molar-refractivity contribution in [2.24, 2.45) is 0 Å². The van der Waals surface area contributed by atoms with E-state index >= 15 is 0 Å². The molecule has 1 aromatic heterocycles. The number of halogens is 1. The summed E-state index contributed by atoms with van der Waals surface area (Å²) < 4.78 is 21.9. The molecule has 3 aromatic carbocycles. The quantitative estimate of drug-likeness (QED) is 0.348. The smallest absolute Gasteiger partial charge is 0.350 e. The van der Waals surface area contributed by atoms with Crippen molar-refractivity contribution in [3.8, 4) is 11.4 Å². The number of aromatic nitrogens is 3. The Hall–Kier alpha value is -3.75. The number of fused-ring (bicyclic) bond motifs is 1. The van der Waals surface area contributed by atoms with Crippen LogP contribution in [0.5, 0.6) is 5.75 Å². The number of rotatable bonds is 10. The van der Waals surface area contributed by atoms with E-state index in [2.05, 4.69) is 27.4 Å². The van der Waals surface area contributed by atoms with Crippen LogP contribution in [0, 0.1) is 5.82 Å². The van der Waals surface area contributed by atoms with Gasteiger partial charge in [-0.1, -0.05) is 36.4 Å². The van der Waals surface area contributed by atoms with Gasteiger partial charge in [0.25, 0.3) is 0 Å². The first kappa shape index (κ1) is 24.0. The number of nitrogens with zero attached hydrogens (tertiary/aromatic N) is 4. The van der Waals surface area contributed by atoms with Crippen LogP contribution in [0.1, 0.15) is 16.7 Å². The Morgan fingerprint density at radius 2 is 1.81 bits per heavy atom. The lowest BCUT2D eigenvalue weighted by molar-refractivity contribution is 0.245. The molecular formula is C28H30FN5O2. The minimum atomic E-state index is -0.210. The van der Waals surface area contributed by atoms with E-state index in [4.69, 9.17) is 4.74 Å². The fraction of sp³-hybridized carbons (Fsp3) is 0.286. The summed E-state index contributed by atoms with van der Waals surface area (Å²) in [6.07, 6.45) is 2.49. The van der Waals surface area contributed by atoms with E-state index in [1.54, 1.807) is 10.9 Å². The lowest BCUT2D eigenvalue weighted by Gasteiger charge is -2.29. The van der Waals surface area contributed by atoms with Crippen LogP contribution >= 0.6 is 0 Å². The average Bonchev–Trinajstić information content (AvgIpc) is 3.27. The van der Waals surface area contributed by atoms with E-state index < -0.39 is 0 Å². The molecule has 186 valence electrons. The summed E-state index contributed by atoms with van der Waals surface area (Å²) in [4.78, 5) is 15.3. The predicted molar refractivity (Wildman–Crippen MR) is 137 cm³/mol. The second kappa shape index (κ2) is 11.3. The van der Waals surface area contributed by atoms with Gasteiger partial charge in [-0.05, 0) is 59.5 Å². The summed E-state index contributed by atoms with van der Waals surface area (Å²) in [7, 11) is 0. The van der Waals surface area contributed by atoms with Gasteiger partial charge in [0.2, 0.25) is 0 Å². The zero-order chi connectivity index (χ0) is 24.7. The van der Waals surface area contributed by atoms with Gasteiger partial charge in [0.15, 0.2) is 0 Å². The van der Waals surface area contributed by atoms with Gasteiger partial charge >= 0.3 is 5.69 Å². The normalized spacial score (nSPS) is 13.5. The van der Waals surface area contributed by atoms with Crippen molar-refractivity contribution in [1.82, 2.24) is 24.6 Å². The Morgan fingerprint density at radius 1 is 0.972 bits per heavy atom. The van der Waals surface area contributed by atoms with Crippen molar-refractivity contribution in [3.63, 3.8) is 0 Å². The van der Waals surface area contributed by atoms with E-state index in [0.29, 0.717) is 26.2 Å². The molecule has 4 aromatic rings. The summed E-state index contributed by atoms with van der Waals surface area (Å²) in [6, 6.07) is 22.6. The molecule has 36 heavy (non-hydrogen) atoms. The Morgan fingerprint density at radius 3 is 2.64 bits per heavy atom. The van der Waals surface area contributed by atoms with Crippen LogP contribution in [-0.2, 0) is 26.1 Å². The van der Waals surface area contributed by atoms with E-state index in [1.165, 1.54) is 27.9 Å². The van der Waals surface area contributed by atoms with Crippen LogP contribution in [0.25, 0.3) is 5.69 Å². The van der Waals surface area contributed by atoms with Gasteiger partial charge in [0.05, 0.1) is 12.2 Å². The van der Waals surface area contributed by atoms with E-state index in [-0.39, 0.29) is 11.5 Å². The molecule has 1 aliphatic rings. The highest BCUT2D eigenvalue weighted by molar-refractivity contribution is 5.41. The van der Waals surface area contributed by atoms with Crippen LogP contribution in [0.2, 0.25) is 0 Å². The highest BCUT2D eigenvalue weighted by Gasteiger charge is 2.18. The summed E-state index contributed by atoms with van der Waals surface area (Å²) >= 11 is 0. The number of nitrogens with one attached hydrogen (secondary N) is 1. The molecule has 0 saturated heterocycles. The van der Waals surface area contributed by atoms with Crippen molar-refractivity contribution in [2.45, 2.75) is 26.1 Å². The highest BCUT2D eigenvalue weighted by Crippen LogP contribution is 2.23. The monoisotopic (exact) mass is 487 g/mol. The van der Waals surface area contributed by atoms with Crippen molar-refractivity contribution >= 4 is 0 Å². The van der Waals surface area contributed by atoms with Gasteiger partial charge in [-0.2, -0.15) is 5.10 Å². The van der Waals surface area contributed by atoms with Gasteiger partial charge in [0.1, 0.15) is 24.5 Å². The molecule has 0 aliphatic carbocycles. The molecule has 7 nitrogen and oxygen atoms in total. The number of para-hydroxylation sites is 1. The van der Waals surface area contributed by atoms with Crippen molar-refractivity contribution < 1.29 is 9.13 Å². The van der Waals surface area contributed by atoms with Crippen LogP contribution < -0.4 is 15.7 Å². The fourth-order valence-electron chi connectivity index (χ4n) is 4.47. The van der Waals surface area contributed by atoms with Crippen LogP contribution in [0.15, 0.2) is 83.9 Å². The Labute approximate surface area is 209 Å². The molecule has 0 saturated carbocycles. The maximum absolute atomic E-state index is 13.2. The zero-order valence-corrected chi connectivity index (χ0v) is 20.1. The second-order valence-electron chi connectivity index (χ2n) is 8.96. The first-order valence-corrected chi connectivity index (χ1v) is 12.3. The summed E-state index contributed by atoms with van der Waals surface area (Å²) in [5.41, 5.74) is 4.30. The highest BCUT2D eigenvalue weighted by atomic mass is 19.1. The largest absolute Gasteiger partial charge is 0.492 e. The maximum Gasteiger partial charge on any atom is 0.350 e. The molecule has 0 spiro atoms. The first-order valence-electron chi connectivity index (χ1n) is 12.3. The molecule has 0 unspecified atom stereocenters. The molecule has 0 fully saturated rings. The van der Waals surface area contributed by atoms with Crippen LogP contribution in [-0.4, -0.2) is 45.5 Å². The second-order valence-corrected chi connectivity index (χ2v) is 8.96. The molecule has 0 atom stereocenters. The summed E-state index contributed by atoms with van der Waals surface area (Å²) in [5, 5.41) is 7.58. The van der Waals surface area contributed by atoms with E-state index in [0.717, 1.165) is 43.1 Å². The third-order valence-electron chi connectivity index (χ3n) is 6.40. The minimum Gasteiger partial charge on any atom is -0.492 e. The molecule has 0 radical (unpaired) electrons. The standard InChI is InChI=1S/C28H30FN5O2/c29-25-9-6-22(7-10-25)19-32-15-12-23-18-26(11-8-24(23)20-32)33-21-31-34(28(33)35)16-13-30-14-17-36-27-4-2-1-3-5-27/h1-11,18,21,30H,12-17,19-20H2. The SMILES string of the molecule is O=c1n(-c2ccc3c(c2)CCN(Cc2ccc(F)cc2)C3)cnn1CCNCCOc1ccccc1.